The summed E-state index contributed by atoms with van der Waals surface area (Å²) in [7, 11) is -0.731. The summed E-state index contributed by atoms with van der Waals surface area (Å²) in [5.41, 5.74) is 3.35. The molecule has 2 aliphatic heterocycles. The van der Waals surface area contributed by atoms with Gasteiger partial charge in [-0.3, -0.25) is 4.79 Å². The van der Waals surface area contributed by atoms with Crippen LogP contribution in [0.4, 0.5) is 10.1 Å². The van der Waals surface area contributed by atoms with E-state index >= 15 is 0 Å². The van der Waals surface area contributed by atoms with Crippen molar-refractivity contribution in [1.29, 1.82) is 0 Å². The maximum atomic E-state index is 14.8. The Morgan fingerprint density at radius 2 is 1.72 bits per heavy atom. The zero-order chi connectivity index (χ0) is 23.2. The molecule has 0 bridgehead atoms. The lowest BCUT2D eigenvalue weighted by Gasteiger charge is -2.32. The van der Waals surface area contributed by atoms with Crippen LogP contribution in [-0.4, -0.2) is 30.8 Å². The highest BCUT2D eigenvalue weighted by atomic mass is 32.1. The van der Waals surface area contributed by atoms with Crippen molar-refractivity contribution in [3.8, 4) is 0 Å². The number of amides is 1. The minimum Gasteiger partial charge on any atom is -0.399 e. The van der Waals surface area contributed by atoms with E-state index in [-0.39, 0.29) is 11.3 Å². The molecule has 3 heterocycles. The predicted molar refractivity (Wildman–Crippen MR) is 127 cm³/mol. The van der Waals surface area contributed by atoms with Gasteiger partial charge in [0.05, 0.1) is 16.1 Å². The van der Waals surface area contributed by atoms with E-state index in [0.717, 1.165) is 24.1 Å². The summed E-state index contributed by atoms with van der Waals surface area (Å²) in [5.74, 6) is -0.482. The van der Waals surface area contributed by atoms with Gasteiger partial charge in [0, 0.05) is 17.1 Å². The number of halogens is 1. The number of nitrogens with zero attached hydrogens (tertiary/aromatic N) is 1. The third-order valence-electron chi connectivity index (χ3n) is 7.54. The van der Waals surface area contributed by atoms with E-state index < -0.39 is 24.1 Å². The Labute approximate surface area is 194 Å². The fraction of sp³-hybridized carbons (Fsp3) is 0.520. The lowest BCUT2D eigenvalue weighted by Crippen LogP contribution is -2.41. The first kappa shape index (κ1) is 22.1. The fourth-order valence-corrected chi connectivity index (χ4v) is 6.63. The van der Waals surface area contributed by atoms with Crippen LogP contribution < -0.4 is 10.4 Å². The van der Waals surface area contributed by atoms with E-state index in [9.17, 15) is 9.18 Å². The van der Waals surface area contributed by atoms with E-state index in [0.29, 0.717) is 23.3 Å². The van der Waals surface area contributed by atoms with Gasteiger partial charge in [0.15, 0.2) is 0 Å². The van der Waals surface area contributed by atoms with Crippen LogP contribution >= 0.6 is 11.3 Å². The second kappa shape index (κ2) is 6.91. The van der Waals surface area contributed by atoms with Crippen molar-refractivity contribution in [3.05, 3.63) is 51.3 Å². The van der Waals surface area contributed by atoms with Gasteiger partial charge in [-0.1, -0.05) is 13.8 Å². The Hall–Kier alpha value is -1.70. The molecule has 169 valence electrons. The molecule has 32 heavy (non-hydrogen) atoms. The Balaban J connectivity index is 1.50. The van der Waals surface area contributed by atoms with Crippen LogP contribution in [0.1, 0.15) is 72.8 Å². The van der Waals surface area contributed by atoms with Crippen LogP contribution in [-0.2, 0) is 28.6 Å². The number of hydrogen-bond donors (Lipinski definition) is 0. The lowest BCUT2D eigenvalue weighted by atomic mass is 9.75. The Bertz CT molecular complexity index is 1120. The van der Waals surface area contributed by atoms with Crippen molar-refractivity contribution < 1.29 is 18.5 Å². The molecule has 1 aromatic carbocycles. The number of benzene rings is 1. The SMILES string of the molecule is [CH2]c1c(B2OC(C)(C)C(C)(C)O2)cc(F)cc1N1CCc2c(sc3c2CC(C)(C)C3)C1=O. The summed E-state index contributed by atoms with van der Waals surface area (Å²) in [4.78, 5) is 17.3. The summed E-state index contributed by atoms with van der Waals surface area (Å²) < 4.78 is 27.1. The highest BCUT2D eigenvalue weighted by molar-refractivity contribution is 7.14. The monoisotopic (exact) mass is 454 g/mol. The molecule has 1 aromatic heterocycles. The third-order valence-corrected chi connectivity index (χ3v) is 8.81. The molecular weight excluding hydrogens is 424 g/mol. The number of hydrogen-bond acceptors (Lipinski definition) is 4. The van der Waals surface area contributed by atoms with Gasteiger partial charge in [-0.2, -0.15) is 0 Å². The van der Waals surface area contributed by atoms with Crippen LogP contribution in [0, 0.1) is 18.2 Å². The second-order valence-electron chi connectivity index (χ2n) is 11.1. The fourth-order valence-electron chi connectivity index (χ4n) is 5.05. The number of anilines is 1. The molecule has 0 atom stereocenters. The summed E-state index contributed by atoms with van der Waals surface area (Å²) in [6.07, 6.45) is 2.82. The zero-order valence-electron chi connectivity index (χ0n) is 19.7. The lowest BCUT2D eigenvalue weighted by molar-refractivity contribution is 0.00578. The van der Waals surface area contributed by atoms with Gasteiger partial charge in [0.1, 0.15) is 5.82 Å². The van der Waals surface area contributed by atoms with Crippen LogP contribution in [0.2, 0.25) is 0 Å². The van der Waals surface area contributed by atoms with Crippen LogP contribution in [0.3, 0.4) is 0 Å². The second-order valence-corrected chi connectivity index (χ2v) is 12.2. The first-order chi connectivity index (χ1) is 14.8. The molecule has 0 unspecified atom stereocenters. The van der Waals surface area contributed by atoms with Gasteiger partial charge in [0.25, 0.3) is 5.91 Å². The highest BCUT2D eigenvalue weighted by Gasteiger charge is 2.52. The highest BCUT2D eigenvalue weighted by Crippen LogP contribution is 2.46. The summed E-state index contributed by atoms with van der Waals surface area (Å²) >= 11 is 1.62. The molecule has 1 radical (unpaired) electrons. The van der Waals surface area contributed by atoms with Crippen molar-refractivity contribution in [2.75, 3.05) is 11.4 Å². The van der Waals surface area contributed by atoms with E-state index in [4.69, 9.17) is 9.31 Å². The topological polar surface area (TPSA) is 38.8 Å². The number of fused-ring (bicyclic) bond motifs is 3. The van der Waals surface area contributed by atoms with Crippen LogP contribution in [0.15, 0.2) is 12.1 Å². The van der Waals surface area contributed by atoms with Gasteiger partial charge in [-0.05, 0) is 93.6 Å². The van der Waals surface area contributed by atoms with Gasteiger partial charge >= 0.3 is 7.12 Å². The summed E-state index contributed by atoms with van der Waals surface area (Å²) in [6.45, 7) is 17.1. The Morgan fingerprint density at radius 3 is 2.38 bits per heavy atom. The number of rotatable bonds is 2. The summed E-state index contributed by atoms with van der Waals surface area (Å²) in [5, 5.41) is 0. The molecule has 0 N–H and O–H groups in total. The molecule has 1 fully saturated rings. The predicted octanol–water partition coefficient (Wildman–Crippen LogP) is 4.70. The van der Waals surface area contributed by atoms with E-state index in [1.54, 1.807) is 16.2 Å². The number of carbonyl (C=O) groups excluding carboxylic acids is 1. The van der Waals surface area contributed by atoms with Gasteiger partial charge in [0.2, 0.25) is 0 Å². The van der Waals surface area contributed by atoms with Crippen molar-refractivity contribution in [3.63, 3.8) is 0 Å². The molecule has 0 saturated carbocycles. The molecule has 1 aliphatic carbocycles. The van der Waals surface area contributed by atoms with Crippen molar-refractivity contribution in [2.24, 2.45) is 5.41 Å². The number of carbonyl (C=O) groups is 1. The van der Waals surface area contributed by atoms with Gasteiger partial charge in [-0.25, -0.2) is 4.39 Å². The average molecular weight is 454 g/mol. The third kappa shape index (κ3) is 3.27. The minimum absolute atomic E-state index is 0.0566. The maximum absolute atomic E-state index is 14.8. The van der Waals surface area contributed by atoms with Crippen molar-refractivity contribution >= 4 is 35.5 Å². The molecule has 1 saturated heterocycles. The average Bonchev–Trinajstić information content (AvgIpc) is 3.22. The first-order valence-electron chi connectivity index (χ1n) is 11.3. The largest absolute Gasteiger partial charge is 0.495 e. The van der Waals surface area contributed by atoms with E-state index in [1.165, 1.54) is 28.1 Å². The standard InChI is InChI=1S/C25H30BFNO3S/c1-14-18(26-30-24(4,5)25(6,7)31-26)10-15(27)11-19(14)28-9-8-16-17-12-23(2,3)13-20(17)32-21(16)22(28)29/h10-11H,1,8-9,12-13H2,2-7H3. The molecule has 4 nitrogen and oxygen atoms in total. The molecule has 7 heteroatoms. The number of thiophene rings is 1. The molecule has 0 spiro atoms. The Morgan fingerprint density at radius 1 is 1.06 bits per heavy atom. The molecule has 2 aromatic rings. The van der Waals surface area contributed by atoms with Gasteiger partial charge < -0.3 is 14.2 Å². The summed E-state index contributed by atoms with van der Waals surface area (Å²) in [6, 6.07) is 2.82. The Kier molecular flexibility index (Phi) is 4.77. The van der Waals surface area contributed by atoms with Crippen LogP contribution in [0.25, 0.3) is 0 Å². The molecule has 5 rings (SSSR count). The van der Waals surface area contributed by atoms with E-state index in [1.807, 2.05) is 27.7 Å². The molecule has 3 aliphatic rings. The zero-order valence-corrected chi connectivity index (χ0v) is 20.5. The minimum atomic E-state index is -0.731. The van der Waals surface area contributed by atoms with E-state index in [2.05, 4.69) is 20.8 Å². The maximum Gasteiger partial charge on any atom is 0.495 e. The molecular formula is C25H30BFNO3S. The molecule has 1 amide bonds. The quantitative estimate of drug-likeness (QED) is 0.618. The normalized spacial score (nSPS) is 22.9. The van der Waals surface area contributed by atoms with Crippen molar-refractivity contribution in [1.82, 2.24) is 0 Å². The van der Waals surface area contributed by atoms with Gasteiger partial charge in [-0.15, -0.1) is 11.3 Å². The smallest absolute Gasteiger partial charge is 0.399 e. The first-order valence-corrected chi connectivity index (χ1v) is 12.1. The van der Waals surface area contributed by atoms with Crippen LogP contribution in [0.5, 0.6) is 0 Å². The van der Waals surface area contributed by atoms with Crippen molar-refractivity contribution in [2.45, 2.75) is 72.0 Å².